The predicted octanol–water partition coefficient (Wildman–Crippen LogP) is 2.37. The summed E-state index contributed by atoms with van der Waals surface area (Å²) in [5.41, 5.74) is 0.601. The van der Waals surface area contributed by atoms with Crippen molar-refractivity contribution >= 4 is 17.5 Å². The quantitative estimate of drug-likeness (QED) is 0.368. The summed E-state index contributed by atoms with van der Waals surface area (Å²) >= 11 is 5.96. The maximum atomic E-state index is 13.8. The van der Waals surface area contributed by atoms with Gasteiger partial charge in [0.05, 0.1) is 19.4 Å². The first-order chi connectivity index (χ1) is 19.0. The van der Waals surface area contributed by atoms with E-state index in [-0.39, 0.29) is 17.9 Å². The summed E-state index contributed by atoms with van der Waals surface area (Å²) < 4.78 is 60.0. The maximum Gasteiger partial charge on any atom is 0.254 e. The molecule has 3 aromatic rings. The van der Waals surface area contributed by atoms with E-state index in [4.69, 9.17) is 25.8 Å². The van der Waals surface area contributed by atoms with Crippen LogP contribution in [-0.4, -0.2) is 94.3 Å². The van der Waals surface area contributed by atoms with Crippen molar-refractivity contribution in [1.29, 1.82) is 0 Å². The Morgan fingerprint density at radius 2 is 1.85 bits per heavy atom. The number of aliphatic hydroxyl groups excluding tert-OH is 2. The number of aromatic nitrogens is 3. The lowest BCUT2D eigenvalue weighted by atomic mass is 9.89. The minimum Gasteiger partial charge on any atom is -0.394 e. The molecule has 0 spiro atoms. The largest absolute Gasteiger partial charge is 0.394 e. The first kappa shape index (κ1) is 29.9. The van der Waals surface area contributed by atoms with Crippen LogP contribution in [0.3, 0.4) is 0 Å². The number of carbonyl (C=O) groups is 1. The number of amides is 1. The molecule has 2 heterocycles. The Labute approximate surface area is 232 Å². The lowest BCUT2D eigenvalue weighted by molar-refractivity contribution is -0.242. The van der Waals surface area contributed by atoms with Gasteiger partial charge in [-0.05, 0) is 29.8 Å². The zero-order valence-corrected chi connectivity index (χ0v) is 22.5. The molecule has 1 amide bonds. The molecule has 2 aromatic carbocycles. The Morgan fingerprint density at radius 1 is 1.20 bits per heavy atom. The highest BCUT2D eigenvalue weighted by Crippen LogP contribution is 2.35. The van der Waals surface area contributed by atoms with E-state index in [0.29, 0.717) is 5.02 Å². The lowest BCUT2D eigenvalue weighted by Crippen LogP contribution is -2.62. The molecule has 2 N–H and O–H groups in total. The molecule has 1 aliphatic heterocycles. The van der Waals surface area contributed by atoms with Gasteiger partial charge in [-0.15, -0.1) is 5.10 Å². The fraction of sp³-hybridized carbons (Fsp3) is 0.423. The second-order valence-corrected chi connectivity index (χ2v) is 9.87. The van der Waals surface area contributed by atoms with Gasteiger partial charge in [-0.1, -0.05) is 28.9 Å². The second-order valence-electron chi connectivity index (χ2n) is 9.43. The van der Waals surface area contributed by atoms with Crippen LogP contribution < -0.4 is 0 Å². The molecule has 1 aromatic heterocycles. The molecule has 2 unspecified atom stereocenters. The minimum atomic E-state index is -1.63. The zero-order chi connectivity index (χ0) is 29.1. The fourth-order valence-corrected chi connectivity index (χ4v) is 4.66. The number of benzene rings is 2. The van der Waals surface area contributed by atoms with Gasteiger partial charge in [-0.2, -0.15) is 0 Å². The molecule has 1 saturated heterocycles. The standard InChI is InChI=1S/C26H28ClF3N4O6/c1-33(2)26(37)25(39-12-13-4-6-15(27)7-5-13)24-23(38-3)21(22(36)19(11-35)40-24)34-10-18(31-32-34)14-8-16(28)20(30)17(29)9-14/h4-10,19,21-25,35-36H,11-12H2,1-3H3/t19?,21-,22-,23?,24+,25-/m0/s1. The van der Waals surface area contributed by atoms with Crippen molar-refractivity contribution in [1.82, 2.24) is 19.9 Å². The van der Waals surface area contributed by atoms with Crippen molar-refractivity contribution in [2.45, 2.75) is 43.2 Å². The summed E-state index contributed by atoms with van der Waals surface area (Å²) in [5, 5.41) is 29.5. The Morgan fingerprint density at radius 3 is 2.42 bits per heavy atom. The van der Waals surface area contributed by atoms with Gasteiger partial charge in [0.1, 0.15) is 36.2 Å². The van der Waals surface area contributed by atoms with Crippen molar-refractivity contribution in [2.24, 2.45) is 0 Å². The van der Waals surface area contributed by atoms with Gasteiger partial charge in [0.2, 0.25) is 0 Å². The van der Waals surface area contributed by atoms with Gasteiger partial charge in [-0.25, -0.2) is 17.9 Å². The van der Waals surface area contributed by atoms with Crippen molar-refractivity contribution in [3.05, 3.63) is 70.6 Å². The van der Waals surface area contributed by atoms with E-state index in [2.05, 4.69) is 10.3 Å². The summed E-state index contributed by atoms with van der Waals surface area (Å²) in [4.78, 5) is 14.6. The van der Waals surface area contributed by atoms with Gasteiger partial charge in [0, 0.05) is 31.8 Å². The highest BCUT2D eigenvalue weighted by Gasteiger charge is 2.52. The van der Waals surface area contributed by atoms with E-state index < -0.39 is 66.5 Å². The van der Waals surface area contributed by atoms with Crippen LogP contribution in [0.5, 0.6) is 0 Å². The van der Waals surface area contributed by atoms with Gasteiger partial charge in [0.25, 0.3) is 5.91 Å². The Balaban J connectivity index is 1.69. The zero-order valence-electron chi connectivity index (χ0n) is 21.7. The average Bonchev–Trinajstić information content (AvgIpc) is 3.42. The summed E-state index contributed by atoms with van der Waals surface area (Å²) in [5.74, 6) is -4.91. The summed E-state index contributed by atoms with van der Waals surface area (Å²) in [6.45, 7) is -0.621. The predicted molar refractivity (Wildman–Crippen MR) is 136 cm³/mol. The number of halogens is 4. The number of hydrogen-bond donors (Lipinski definition) is 2. The van der Waals surface area contributed by atoms with E-state index in [0.717, 1.165) is 17.7 Å². The van der Waals surface area contributed by atoms with E-state index >= 15 is 0 Å². The van der Waals surface area contributed by atoms with E-state index in [1.165, 1.54) is 37.0 Å². The molecule has 0 radical (unpaired) electrons. The molecular formula is C26H28ClF3N4O6. The molecule has 4 rings (SSSR count). The van der Waals surface area contributed by atoms with Crippen LogP contribution in [0.25, 0.3) is 11.3 Å². The number of aliphatic hydroxyl groups is 2. The third kappa shape index (κ3) is 6.14. The van der Waals surface area contributed by atoms with E-state index in [1.807, 2.05) is 0 Å². The number of ether oxygens (including phenoxy) is 3. The first-order valence-corrected chi connectivity index (χ1v) is 12.5. The van der Waals surface area contributed by atoms with Crippen molar-refractivity contribution < 1.29 is 42.4 Å². The number of nitrogens with zero attached hydrogens (tertiary/aromatic N) is 4. The van der Waals surface area contributed by atoms with Crippen molar-refractivity contribution in [3.8, 4) is 11.3 Å². The third-order valence-corrected chi connectivity index (χ3v) is 6.85. The fourth-order valence-electron chi connectivity index (χ4n) is 4.53. The highest BCUT2D eigenvalue weighted by atomic mass is 35.5. The first-order valence-electron chi connectivity index (χ1n) is 12.2. The smallest absolute Gasteiger partial charge is 0.254 e. The summed E-state index contributed by atoms with van der Waals surface area (Å²) in [6.07, 6.45) is -4.79. The summed E-state index contributed by atoms with van der Waals surface area (Å²) in [7, 11) is 4.40. The molecule has 216 valence electrons. The molecule has 0 aliphatic carbocycles. The van der Waals surface area contributed by atoms with E-state index in [1.54, 1.807) is 24.3 Å². The molecule has 14 heteroatoms. The van der Waals surface area contributed by atoms with Gasteiger partial charge in [-0.3, -0.25) is 4.79 Å². The normalized spacial score (nSPS) is 23.7. The Hall–Kier alpha value is -3.07. The third-order valence-electron chi connectivity index (χ3n) is 6.60. The summed E-state index contributed by atoms with van der Waals surface area (Å²) in [6, 6.07) is 7.24. The topological polar surface area (TPSA) is 119 Å². The van der Waals surface area contributed by atoms with Crippen LogP contribution in [0.15, 0.2) is 42.6 Å². The molecule has 10 nitrogen and oxygen atoms in total. The maximum absolute atomic E-state index is 13.8. The number of carbonyl (C=O) groups excluding carboxylic acids is 1. The van der Waals surface area contributed by atoms with Crippen LogP contribution in [0, 0.1) is 17.5 Å². The molecule has 1 aliphatic rings. The molecule has 6 atom stereocenters. The number of methoxy groups -OCH3 is 1. The van der Waals surface area contributed by atoms with Crippen LogP contribution in [0.2, 0.25) is 5.02 Å². The number of rotatable bonds is 9. The monoisotopic (exact) mass is 584 g/mol. The van der Waals surface area contributed by atoms with Crippen molar-refractivity contribution in [3.63, 3.8) is 0 Å². The van der Waals surface area contributed by atoms with Crippen LogP contribution in [0.4, 0.5) is 13.2 Å². The average molecular weight is 585 g/mol. The SMILES string of the molecule is COC1[C@H]([C@H](OCc2ccc(Cl)cc2)C(=O)N(C)C)OC(CO)[C@H](O)[C@@H]1n1cc(-c2cc(F)c(F)c(F)c2)nn1. The van der Waals surface area contributed by atoms with Crippen LogP contribution in [0.1, 0.15) is 11.6 Å². The number of hydrogen-bond acceptors (Lipinski definition) is 8. The molecular weight excluding hydrogens is 557 g/mol. The lowest BCUT2D eigenvalue weighted by Gasteiger charge is -2.45. The molecule has 0 bridgehead atoms. The van der Waals surface area contributed by atoms with Crippen LogP contribution in [-0.2, 0) is 25.6 Å². The Kier molecular flexibility index (Phi) is 9.44. The minimum absolute atomic E-state index is 0.00386. The highest BCUT2D eigenvalue weighted by molar-refractivity contribution is 6.30. The van der Waals surface area contributed by atoms with E-state index in [9.17, 15) is 28.2 Å². The molecule has 0 saturated carbocycles. The molecule has 1 fully saturated rings. The molecule has 40 heavy (non-hydrogen) atoms. The van der Waals surface area contributed by atoms with Gasteiger partial charge in [0.15, 0.2) is 23.6 Å². The van der Waals surface area contributed by atoms with Gasteiger partial charge < -0.3 is 29.3 Å². The van der Waals surface area contributed by atoms with Gasteiger partial charge >= 0.3 is 0 Å². The van der Waals surface area contributed by atoms with Crippen molar-refractivity contribution in [2.75, 3.05) is 27.8 Å². The second kappa shape index (κ2) is 12.6. The van der Waals surface area contributed by atoms with Crippen LogP contribution >= 0.6 is 11.6 Å². The Bertz CT molecular complexity index is 1310. The number of likely N-dealkylation sites (N-methyl/N-ethyl adjacent to an activating group) is 1.